The zero-order chi connectivity index (χ0) is 13.1. The normalized spacial score (nSPS) is 35.5. The van der Waals surface area contributed by atoms with E-state index in [0.717, 1.165) is 24.9 Å². The van der Waals surface area contributed by atoms with E-state index >= 15 is 0 Å². The van der Waals surface area contributed by atoms with Crippen LogP contribution in [0.5, 0.6) is 0 Å². The van der Waals surface area contributed by atoms with Gasteiger partial charge in [-0.3, -0.25) is 4.99 Å². The number of nitrogens with one attached hydrogen (secondary N) is 1. The summed E-state index contributed by atoms with van der Waals surface area (Å²) < 4.78 is 0. The van der Waals surface area contributed by atoms with Crippen molar-refractivity contribution < 1.29 is 0 Å². The van der Waals surface area contributed by atoms with E-state index in [0.29, 0.717) is 6.04 Å². The summed E-state index contributed by atoms with van der Waals surface area (Å²) in [5.41, 5.74) is 0. The Labute approximate surface area is 121 Å². The second kappa shape index (κ2) is 6.38. The summed E-state index contributed by atoms with van der Waals surface area (Å²) in [7, 11) is 0. The maximum absolute atomic E-state index is 4.75. The Kier molecular flexibility index (Phi) is 4.57. The van der Waals surface area contributed by atoms with Gasteiger partial charge in [-0.1, -0.05) is 6.92 Å². The van der Waals surface area contributed by atoms with Gasteiger partial charge in [-0.15, -0.1) is 0 Å². The molecule has 2 fully saturated rings. The van der Waals surface area contributed by atoms with Gasteiger partial charge in [0.05, 0.1) is 12.6 Å². The molecular formula is C15H27N3S. The molecule has 0 bridgehead atoms. The van der Waals surface area contributed by atoms with Crippen molar-refractivity contribution in [2.75, 3.05) is 31.1 Å². The maximum atomic E-state index is 4.75. The van der Waals surface area contributed by atoms with Crippen LogP contribution in [0.3, 0.4) is 0 Å². The first-order chi connectivity index (χ1) is 9.33. The van der Waals surface area contributed by atoms with E-state index < -0.39 is 0 Å². The van der Waals surface area contributed by atoms with Crippen molar-refractivity contribution >= 4 is 17.7 Å². The van der Waals surface area contributed by atoms with Crippen molar-refractivity contribution in [3.63, 3.8) is 0 Å². The predicted molar refractivity (Wildman–Crippen MR) is 83.9 cm³/mol. The minimum Gasteiger partial charge on any atom is -0.356 e. The number of fused-ring (bicyclic) bond motifs is 1. The molecule has 4 heteroatoms. The summed E-state index contributed by atoms with van der Waals surface area (Å²) in [6.07, 6.45) is 6.88. The van der Waals surface area contributed by atoms with E-state index in [9.17, 15) is 0 Å². The number of nitrogens with zero attached hydrogens (tertiary/aromatic N) is 2. The molecule has 108 valence electrons. The van der Waals surface area contributed by atoms with Crippen LogP contribution in [0.2, 0.25) is 0 Å². The molecular weight excluding hydrogens is 254 g/mol. The SMILES string of the molecule is CC1CCC2CN=C(NCC3CCCSCC3)N2C1. The van der Waals surface area contributed by atoms with Crippen molar-refractivity contribution in [2.45, 2.75) is 45.1 Å². The van der Waals surface area contributed by atoms with Gasteiger partial charge in [0.25, 0.3) is 0 Å². The zero-order valence-corrected chi connectivity index (χ0v) is 12.9. The van der Waals surface area contributed by atoms with Crippen LogP contribution in [-0.2, 0) is 0 Å². The van der Waals surface area contributed by atoms with Crippen LogP contribution < -0.4 is 5.32 Å². The van der Waals surface area contributed by atoms with Crippen LogP contribution in [0.4, 0.5) is 0 Å². The molecule has 1 N–H and O–H groups in total. The highest BCUT2D eigenvalue weighted by Gasteiger charge is 2.32. The molecule has 3 aliphatic rings. The Morgan fingerprint density at radius 1 is 1.26 bits per heavy atom. The topological polar surface area (TPSA) is 27.6 Å². The van der Waals surface area contributed by atoms with Gasteiger partial charge in [-0.05, 0) is 55.4 Å². The standard InChI is InChI=1S/C15H27N3S/c1-12-4-5-14-10-17-15(18(14)11-12)16-9-13-3-2-7-19-8-6-13/h12-14H,2-11H2,1H3,(H,16,17). The Morgan fingerprint density at radius 3 is 3.16 bits per heavy atom. The molecule has 19 heavy (non-hydrogen) atoms. The third-order valence-corrected chi connectivity index (χ3v) is 5.89. The number of thioether (sulfide) groups is 1. The molecule has 0 radical (unpaired) electrons. The van der Waals surface area contributed by atoms with Gasteiger partial charge in [0.1, 0.15) is 0 Å². The summed E-state index contributed by atoms with van der Waals surface area (Å²) >= 11 is 2.13. The summed E-state index contributed by atoms with van der Waals surface area (Å²) in [4.78, 5) is 7.29. The van der Waals surface area contributed by atoms with Gasteiger partial charge in [0, 0.05) is 13.1 Å². The maximum Gasteiger partial charge on any atom is 0.194 e. The van der Waals surface area contributed by atoms with Crippen molar-refractivity contribution in [1.29, 1.82) is 0 Å². The second-order valence-corrected chi connectivity index (χ2v) is 7.67. The lowest BCUT2D eigenvalue weighted by atomic mass is 9.95. The first-order valence-corrected chi connectivity index (χ1v) is 9.11. The van der Waals surface area contributed by atoms with Gasteiger partial charge in [0.15, 0.2) is 5.96 Å². The number of rotatable bonds is 2. The number of hydrogen-bond donors (Lipinski definition) is 1. The molecule has 3 unspecified atom stereocenters. The molecule has 0 aromatic rings. The molecule has 0 amide bonds. The van der Waals surface area contributed by atoms with Gasteiger partial charge in [-0.2, -0.15) is 11.8 Å². The first kappa shape index (κ1) is 13.6. The molecule has 0 saturated carbocycles. The zero-order valence-electron chi connectivity index (χ0n) is 12.1. The van der Waals surface area contributed by atoms with Crippen molar-refractivity contribution in [1.82, 2.24) is 10.2 Å². The van der Waals surface area contributed by atoms with E-state index in [1.165, 1.54) is 56.1 Å². The van der Waals surface area contributed by atoms with E-state index in [1.54, 1.807) is 0 Å². The third kappa shape index (κ3) is 3.39. The molecule has 3 atom stereocenters. The highest BCUT2D eigenvalue weighted by molar-refractivity contribution is 7.99. The molecule has 3 aliphatic heterocycles. The lowest BCUT2D eigenvalue weighted by Gasteiger charge is -2.36. The minimum atomic E-state index is 0.698. The largest absolute Gasteiger partial charge is 0.356 e. The number of guanidine groups is 1. The summed E-state index contributed by atoms with van der Waals surface area (Å²) in [6.45, 7) is 5.73. The van der Waals surface area contributed by atoms with Gasteiger partial charge >= 0.3 is 0 Å². The fraction of sp³-hybridized carbons (Fsp3) is 0.933. The number of piperidine rings is 1. The van der Waals surface area contributed by atoms with E-state index in [-0.39, 0.29) is 0 Å². The molecule has 0 spiro atoms. The summed E-state index contributed by atoms with van der Waals surface area (Å²) in [5, 5.41) is 3.67. The average Bonchev–Trinajstić information content (AvgIpc) is 2.63. The highest BCUT2D eigenvalue weighted by atomic mass is 32.2. The van der Waals surface area contributed by atoms with Crippen LogP contribution in [0.1, 0.15) is 39.0 Å². The molecule has 2 saturated heterocycles. The van der Waals surface area contributed by atoms with E-state index in [4.69, 9.17) is 4.99 Å². The monoisotopic (exact) mass is 281 g/mol. The second-order valence-electron chi connectivity index (χ2n) is 6.44. The lowest BCUT2D eigenvalue weighted by molar-refractivity contribution is 0.210. The molecule has 0 aromatic carbocycles. The van der Waals surface area contributed by atoms with Gasteiger partial charge < -0.3 is 10.2 Å². The third-order valence-electron chi connectivity index (χ3n) is 4.79. The van der Waals surface area contributed by atoms with Crippen molar-refractivity contribution in [2.24, 2.45) is 16.8 Å². The number of hydrogen-bond acceptors (Lipinski definition) is 4. The van der Waals surface area contributed by atoms with Crippen LogP contribution in [0, 0.1) is 11.8 Å². The average molecular weight is 281 g/mol. The fourth-order valence-electron chi connectivity index (χ4n) is 3.51. The Balaban J connectivity index is 1.49. The Hall–Kier alpha value is -0.380. The van der Waals surface area contributed by atoms with Crippen LogP contribution in [0.25, 0.3) is 0 Å². The van der Waals surface area contributed by atoms with E-state index in [2.05, 4.69) is 28.9 Å². The van der Waals surface area contributed by atoms with Crippen LogP contribution >= 0.6 is 11.8 Å². The quantitative estimate of drug-likeness (QED) is 0.843. The van der Waals surface area contributed by atoms with Crippen LogP contribution in [-0.4, -0.2) is 48.0 Å². The Bertz CT molecular complexity index is 323. The number of aliphatic imine (C=N–C) groups is 1. The molecule has 0 aliphatic carbocycles. The minimum absolute atomic E-state index is 0.698. The fourth-order valence-corrected chi connectivity index (χ4v) is 4.58. The van der Waals surface area contributed by atoms with Gasteiger partial charge in [0.2, 0.25) is 0 Å². The Morgan fingerprint density at radius 2 is 2.21 bits per heavy atom. The van der Waals surface area contributed by atoms with Crippen LogP contribution in [0.15, 0.2) is 4.99 Å². The van der Waals surface area contributed by atoms with Crippen molar-refractivity contribution in [3.8, 4) is 0 Å². The lowest BCUT2D eigenvalue weighted by Crippen LogP contribution is -2.49. The molecule has 3 heterocycles. The van der Waals surface area contributed by atoms with Crippen molar-refractivity contribution in [3.05, 3.63) is 0 Å². The summed E-state index contributed by atoms with van der Waals surface area (Å²) in [5.74, 6) is 5.61. The first-order valence-electron chi connectivity index (χ1n) is 7.95. The summed E-state index contributed by atoms with van der Waals surface area (Å²) in [6, 6.07) is 0.698. The molecule has 3 nitrogen and oxygen atoms in total. The van der Waals surface area contributed by atoms with E-state index in [1.807, 2.05) is 0 Å². The predicted octanol–water partition coefficient (Wildman–Crippen LogP) is 2.58. The highest BCUT2D eigenvalue weighted by Crippen LogP contribution is 2.26. The smallest absolute Gasteiger partial charge is 0.194 e. The van der Waals surface area contributed by atoms with Gasteiger partial charge in [-0.25, -0.2) is 0 Å². The molecule has 3 rings (SSSR count). The molecule has 0 aromatic heterocycles.